The summed E-state index contributed by atoms with van der Waals surface area (Å²) in [4.78, 5) is 19.0. The molecule has 0 radical (unpaired) electrons. The third-order valence-electron chi connectivity index (χ3n) is 3.35. The number of carbonyl (C=O) groups excluding carboxylic acids is 1. The minimum absolute atomic E-state index is 0.534. The van der Waals surface area contributed by atoms with Gasteiger partial charge >= 0.3 is 0 Å². The summed E-state index contributed by atoms with van der Waals surface area (Å²) < 4.78 is 0. The molecule has 1 aromatic heterocycles. The number of rotatable bonds is 3. The van der Waals surface area contributed by atoms with E-state index in [9.17, 15) is 4.79 Å². The SMILES string of the molecule is CC1CSCCN1c1nc(C2CC2)c(C=O)s1. The second-order valence-corrected chi connectivity index (χ2v) is 6.91. The van der Waals surface area contributed by atoms with E-state index in [2.05, 4.69) is 11.8 Å². The molecular weight excluding hydrogens is 252 g/mol. The number of hydrogen-bond acceptors (Lipinski definition) is 5. The van der Waals surface area contributed by atoms with Gasteiger partial charge in [-0.15, -0.1) is 0 Å². The first-order valence-corrected chi connectivity index (χ1v) is 8.07. The van der Waals surface area contributed by atoms with Crippen molar-refractivity contribution in [2.45, 2.75) is 31.7 Å². The molecule has 0 bridgehead atoms. The molecule has 1 aliphatic heterocycles. The van der Waals surface area contributed by atoms with E-state index in [0.717, 1.165) is 34.3 Å². The fourth-order valence-electron chi connectivity index (χ4n) is 2.20. The summed E-state index contributed by atoms with van der Waals surface area (Å²) in [5, 5.41) is 1.06. The molecule has 2 heterocycles. The highest BCUT2D eigenvalue weighted by Crippen LogP contribution is 2.44. The van der Waals surface area contributed by atoms with Crippen molar-refractivity contribution < 1.29 is 4.79 Å². The van der Waals surface area contributed by atoms with Crippen LogP contribution in [-0.2, 0) is 0 Å². The van der Waals surface area contributed by atoms with E-state index in [0.29, 0.717) is 12.0 Å². The van der Waals surface area contributed by atoms with Crippen LogP contribution in [0.25, 0.3) is 0 Å². The van der Waals surface area contributed by atoms with Crippen molar-refractivity contribution in [2.75, 3.05) is 23.0 Å². The Bertz CT molecular complexity index is 428. The summed E-state index contributed by atoms with van der Waals surface area (Å²) >= 11 is 3.58. The van der Waals surface area contributed by atoms with E-state index in [1.807, 2.05) is 11.8 Å². The molecule has 1 saturated carbocycles. The van der Waals surface area contributed by atoms with Gasteiger partial charge in [-0.3, -0.25) is 4.79 Å². The lowest BCUT2D eigenvalue weighted by Crippen LogP contribution is -2.40. The average molecular weight is 268 g/mol. The Hall–Kier alpha value is -0.550. The number of aromatic nitrogens is 1. The molecule has 3 nitrogen and oxygen atoms in total. The maximum Gasteiger partial charge on any atom is 0.186 e. The van der Waals surface area contributed by atoms with E-state index >= 15 is 0 Å². The summed E-state index contributed by atoms with van der Waals surface area (Å²) in [5.41, 5.74) is 1.06. The maximum atomic E-state index is 11.1. The van der Waals surface area contributed by atoms with Crippen LogP contribution in [0.15, 0.2) is 0 Å². The van der Waals surface area contributed by atoms with Gasteiger partial charge in [0, 0.05) is 30.0 Å². The largest absolute Gasteiger partial charge is 0.344 e. The lowest BCUT2D eigenvalue weighted by Gasteiger charge is -2.32. The smallest absolute Gasteiger partial charge is 0.186 e. The predicted octanol–water partition coefficient (Wildman–Crippen LogP) is 2.77. The van der Waals surface area contributed by atoms with Gasteiger partial charge in [0.25, 0.3) is 0 Å². The molecular formula is C12H16N2OS2. The van der Waals surface area contributed by atoms with Crippen molar-refractivity contribution in [3.63, 3.8) is 0 Å². The van der Waals surface area contributed by atoms with Crippen LogP contribution < -0.4 is 4.90 Å². The Labute approximate surface area is 110 Å². The maximum absolute atomic E-state index is 11.1. The monoisotopic (exact) mass is 268 g/mol. The molecule has 1 saturated heterocycles. The number of hydrogen-bond donors (Lipinski definition) is 0. The van der Waals surface area contributed by atoms with Crippen molar-refractivity contribution >= 4 is 34.5 Å². The van der Waals surface area contributed by atoms with E-state index in [4.69, 9.17) is 4.98 Å². The first kappa shape index (κ1) is 11.5. The van der Waals surface area contributed by atoms with Gasteiger partial charge in [0.15, 0.2) is 11.4 Å². The van der Waals surface area contributed by atoms with E-state index in [1.54, 1.807) is 11.3 Å². The molecule has 1 unspecified atom stereocenters. The number of anilines is 1. The zero-order valence-electron chi connectivity index (χ0n) is 9.89. The Morgan fingerprint density at radius 1 is 1.47 bits per heavy atom. The molecule has 92 valence electrons. The second kappa shape index (κ2) is 4.61. The zero-order valence-corrected chi connectivity index (χ0v) is 11.5. The van der Waals surface area contributed by atoms with Crippen molar-refractivity contribution in [1.82, 2.24) is 4.98 Å². The highest BCUT2D eigenvalue weighted by Gasteiger charge is 2.31. The van der Waals surface area contributed by atoms with Crippen molar-refractivity contribution in [2.24, 2.45) is 0 Å². The van der Waals surface area contributed by atoms with Gasteiger partial charge in [0.2, 0.25) is 0 Å². The van der Waals surface area contributed by atoms with Crippen LogP contribution in [-0.4, -0.2) is 35.4 Å². The van der Waals surface area contributed by atoms with Crippen LogP contribution in [0.1, 0.15) is 41.0 Å². The third-order valence-corrected chi connectivity index (χ3v) is 5.58. The van der Waals surface area contributed by atoms with Crippen LogP contribution >= 0.6 is 23.1 Å². The number of carbonyl (C=O) groups is 1. The fourth-order valence-corrected chi connectivity index (χ4v) is 4.31. The van der Waals surface area contributed by atoms with Gasteiger partial charge in [-0.05, 0) is 19.8 Å². The molecule has 1 aliphatic carbocycles. The summed E-state index contributed by atoms with van der Waals surface area (Å²) in [6, 6.07) is 0.534. The molecule has 2 fully saturated rings. The number of thiazole rings is 1. The number of nitrogens with zero attached hydrogens (tertiary/aromatic N) is 2. The third kappa shape index (κ3) is 2.22. The van der Waals surface area contributed by atoms with Gasteiger partial charge in [0.1, 0.15) is 0 Å². The van der Waals surface area contributed by atoms with Crippen molar-refractivity contribution in [1.29, 1.82) is 0 Å². The summed E-state index contributed by atoms with van der Waals surface area (Å²) in [7, 11) is 0. The van der Waals surface area contributed by atoms with Crippen molar-refractivity contribution in [3.8, 4) is 0 Å². The molecule has 0 amide bonds. The van der Waals surface area contributed by atoms with Crippen LogP contribution in [0, 0.1) is 0 Å². The first-order valence-electron chi connectivity index (χ1n) is 6.10. The predicted molar refractivity (Wildman–Crippen MR) is 73.6 cm³/mol. The molecule has 1 atom stereocenters. The van der Waals surface area contributed by atoms with Gasteiger partial charge < -0.3 is 4.90 Å². The fraction of sp³-hybridized carbons (Fsp3) is 0.667. The van der Waals surface area contributed by atoms with Gasteiger partial charge in [-0.2, -0.15) is 11.8 Å². The molecule has 2 aliphatic rings. The van der Waals surface area contributed by atoms with Gasteiger partial charge in [-0.1, -0.05) is 11.3 Å². The number of aldehydes is 1. The van der Waals surface area contributed by atoms with Gasteiger partial charge in [-0.25, -0.2) is 4.98 Å². The first-order chi connectivity index (χ1) is 8.29. The Morgan fingerprint density at radius 2 is 2.29 bits per heavy atom. The highest BCUT2D eigenvalue weighted by molar-refractivity contribution is 7.99. The molecule has 5 heteroatoms. The van der Waals surface area contributed by atoms with E-state index in [-0.39, 0.29) is 0 Å². The minimum Gasteiger partial charge on any atom is -0.344 e. The molecule has 17 heavy (non-hydrogen) atoms. The average Bonchev–Trinajstić information content (AvgIpc) is 3.10. The molecule has 0 N–H and O–H groups in total. The second-order valence-electron chi connectivity index (χ2n) is 4.76. The quantitative estimate of drug-likeness (QED) is 0.789. The standard InChI is InChI=1S/C12H16N2OS2/c1-8-7-16-5-4-14(8)12-13-11(9-2-3-9)10(6-15)17-12/h6,8-9H,2-5,7H2,1H3. The van der Waals surface area contributed by atoms with Crippen LogP contribution in [0.3, 0.4) is 0 Å². The topological polar surface area (TPSA) is 33.2 Å². The molecule has 0 spiro atoms. The normalized spacial score (nSPS) is 25.0. The highest BCUT2D eigenvalue weighted by atomic mass is 32.2. The van der Waals surface area contributed by atoms with E-state index < -0.39 is 0 Å². The number of thioether (sulfide) groups is 1. The van der Waals surface area contributed by atoms with Crippen LogP contribution in [0.4, 0.5) is 5.13 Å². The Balaban J connectivity index is 1.88. The lowest BCUT2D eigenvalue weighted by molar-refractivity contribution is 0.112. The van der Waals surface area contributed by atoms with E-state index in [1.165, 1.54) is 18.6 Å². The molecule has 0 aromatic carbocycles. The Kier molecular flexibility index (Phi) is 3.13. The molecule has 1 aromatic rings. The van der Waals surface area contributed by atoms with Gasteiger partial charge in [0.05, 0.1) is 10.6 Å². The molecule has 3 rings (SSSR count). The lowest BCUT2D eigenvalue weighted by atomic mass is 10.3. The summed E-state index contributed by atoms with van der Waals surface area (Å²) in [6.07, 6.45) is 3.39. The summed E-state index contributed by atoms with van der Waals surface area (Å²) in [6.45, 7) is 3.30. The zero-order chi connectivity index (χ0) is 11.8. The summed E-state index contributed by atoms with van der Waals surface area (Å²) in [5.74, 6) is 2.89. The van der Waals surface area contributed by atoms with Crippen LogP contribution in [0.5, 0.6) is 0 Å². The van der Waals surface area contributed by atoms with Crippen molar-refractivity contribution in [3.05, 3.63) is 10.6 Å². The Morgan fingerprint density at radius 3 is 2.94 bits per heavy atom. The van der Waals surface area contributed by atoms with Crippen LogP contribution in [0.2, 0.25) is 0 Å². The minimum atomic E-state index is 0.534.